The van der Waals surface area contributed by atoms with Crippen LogP contribution in [0, 0.1) is 0 Å². The number of unbranched alkanes of at least 4 members (excludes halogenated alkanes) is 6. The monoisotopic (exact) mass is 545 g/mol. The Morgan fingerprint density at radius 1 is 0.639 bits per heavy atom. The van der Waals surface area contributed by atoms with Gasteiger partial charge in [-0.3, -0.25) is 14.4 Å². The van der Waals surface area contributed by atoms with Crippen molar-refractivity contribution < 1.29 is 30.7 Å². The number of rotatable bonds is 18. The topological polar surface area (TPSA) is 66.7 Å². The van der Waals surface area contributed by atoms with Crippen molar-refractivity contribution in [1.29, 1.82) is 0 Å². The van der Waals surface area contributed by atoms with E-state index in [2.05, 4.69) is 55.9 Å². The van der Waals surface area contributed by atoms with Crippen LogP contribution in [0.2, 0.25) is 0 Å². The summed E-state index contributed by atoms with van der Waals surface area (Å²) in [7, 11) is -6.09. The molecule has 0 radical (unpaired) electrons. The second-order valence-electron chi connectivity index (χ2n) is 9.28. The van der Waals surface area contributed by atoms with Crippen LogP contribution in [0.1, 0.15) is 119 Å². The zero-order chi connectivity index (χ0) is 28.0. The maximum Gasteiger partial charge on any atom is 0.485 e. The third-order valence-corrected chi connectivity index (χ3v) is 6.39. The number of hydrogen-bond acceptors (Lipinski definition) is 3. The molecule has 10 heteroatoms. The minimum absolute atomic E-state index is 1.22. The van der Waals surface area contributed by atoms with Gasteiger partial charge in [0, 0.05) is 0 Å². The van der Waals surface area contributed by atoms with E-state index in [4.69, 9.17) is 13.0 Å². The van der Waals surface area contributed by atoms with Gasteiger partial charge in [-0.15, -0.1) is 0 Å². The van der Waals surface area contributed by atoms with E-state index in [9.17, 15) is 13.2 Å². The summed E-state index contributed by atoms with van der Waals surface area (Å²) < 4.78 is 61.7. The molecule has 0 atom stereocenters. The van der Waals surface area contributed by atoms with E-state index in [0.29, 0.717) is 0 Å². The van der Waals surface area contributed by atoms with Gasteiger partial charge in [-0.2, -0.15) is 13.2 Å². The number of guanidine groups is 1. The van der Waals surface area contributed by atoms with Crippen LogP contribution in [0.25, 0.3) is 0 Å². The number of alkyl halides is 3. The summed E-state index contributed by atoms with van der Waals surface area (Å²) in [5.41, 5.74) is -5.65. The van der Waals surface area contributed by atoms with Gasteiger partial charge in [0.15, 0.2) is 10.1 Å². The average Bonchev–Trinajstić information content (AvgIpc) is 2.81. The summed E-state index contributed by atoms with van der Waals surface area (Å²) >= 11 is 0. The molecule has 0 amide bonds. The molecule has 0 heterocycles. The van der Waals surface area contributed by atoms with Crippen LogP contribution < -0.4 is 0 Å². The van der Waals surface area contributed by atoms with Crippen LogP contribution >= 0.6 is 0 Å². The first-order valence-corrected chi connectivity index (χ1v) is 15.5. The quantitative estimate of drug-likeness (QED) is 0.0622. The minimum Gasteiger partial charge on any atom is -0.741 e. The van der Waals surface area contributed by atoms with E-state index in [-0.39, 0.29) is 0 Å². The molecule has 0 saturated carbocycles. The Morgan fingerprint density at radius 3 is 1.08 bits per heavy atom. The van der Waals surface area contributed by atoms with E-state index in [1.54, 1.807) is 5.96 Å². The zero-order valence-electron chi connectivity index (χ0n) is 23.8. The molecule has 0 aliphatic carbocycles. The Hall–Kier alpha value is -1.03. The highest BCUT2D eigenvalue weighted by Gasteiger charge is 2.37. The van der Waals surface area contributed by atoms with Crippen LogP contribution in [0.5, 0.6) is 0 Å². The van der Waals surface area contributed by atoms with Crippen LogP contribution in [0.3, 0.4) is 0 Å². The molecule has 0 N–H and O–H groups in total. The van der Waals surface area contributed by atoms with E-state index >= 15 is 0 Å². The lowest BCUT2D eigenvalue weighted by molar-refractivity contribution is -0.539. The fraction of sp³-hybridized carbons (Fsp3) is 0.962. The smallest absolute Gasteiger partial charge is 0.485 e. The van der Waals surface area contributed by atoms with E-state index in [1.807, 2.05) is 0 Å². The fourth-order valence-electron chi connectivity index (χ4n) is 3.63. The van der Waals surface area contributed by atoms with Crippen molar-refractivity contribution in [3.05, 3.63) is 0 Å². The van der Waals surface area contributed by atoms with Gasteiger partial charge in [0.25, 0.3) is 0 Å². The summed E-state index contributed by atoms with van der Waals surface area (Å²) in [6.45, 7) is 21.3. The van der Waals surface area contributed by atoms with E-state index in [0.717, 1.165) is 0 Å². The normalized spacial score (nSPS) is 11.6. The van der Waals surface area contributed by atoms with Gasteiger partial charge < -0.3 is 4.55 Å². The number of halogens is 3. The van der Waals surface area contributed by atoms with Gasteiger partial charge in [0.05, 0.1) is 39.3 Å². The molecular formula is C26H54F3N3O3S. The average molecular weight is 546 g/mol. The minimum atomic E-state index is -6.09. The predicted molar refractivity (Wildman–Crippen MR) is 143 cm³/mol. The molecule has 0 rings (SSSR count). The Morgan fingerprint density at radius 2 is 0.889 bits per heavy atom. The first kappa shape index (κ1) is 37.1. The summed E-state index contributed by atoms with van der Waals surface area (Å²) in [5, 5.41) is 0. The molecule has 0 aromatic heterocycles. The lowest BCUT2D eigenvalue weighted by atomic mass is 10.2. The first-order valence-electron chi connectivity index (χ1n) is 14.1. The zero-order valence-corrected chi connectivity index (χ0v) is 24.7. The van der Waals surface area contributed by atoms with E-state index < -0.39 is 15.6 Å². The molecule has 0 bridgehead atoms. The van der Waals surface area contributed by atoms with Crippen molar-refractivity contribution in [3.63, 3.8) is 0 Å². The highest BCUT2D eigenvalue weighted by Crippen LogP contribution is 2.20. The molecule has 0 unspecified atom stereocenters. The molecule has 0 spiro atoms. The predicted octanol–water partition coefficient (Wildman–Crippen LogP) is 6.81. The Bertz CT molecular complexity index is 609. The second kappa shape index (κ2) is 22.0. The molecule has 6 nitrogen and oxygen atoms in total. The van der Waals surface area contributed by atoms with Gasteiger partial charge in [-0.05, 0) is 38.5 Å². The molecule has 0 saturated heterocycles. The van der Waals surface area contributed by atoms with Crippen LogP contribution in [0.15, 0.2) is 0 Å². The van der Waals surface area contributed by atoms with Crippen molar-refractivity contribution in [2.45, 2.75) is 124 Å². The van der Waals surface area contributed by atoms with Crippen molar-refractivity contribution in [2.24, 2.45) is 0 Å². The van der Waals surface area contributed by atoms with Crippen molar-refractivity contribution >= 4 is 16.1 Å². The lowest BCUT2D eigenvalue weighted by Crippen LogP contribution is -2.51. The number of nitrogens with zero attached hydrogens (tertiary/aromatic N) is 3. The molecule has 0 fully saturated rings. The maximum absolute atomic E-state index is 10.7. The molecule has 218 valence electrons. The third-order valence-electron chi connectivity index (χ3n) is 5.82. The Labute approximate surface area is 220 Å². The highest BCUT2D eigenvalue weighted by atomic mass is 32.2. The van der Waals surface area contributed by atoms with Crippen LogP contribution in [-0.4, -0.2) is 78.1 Å². The largest absolute Gasteiger partial charge is 0.741 e. The fourth-order valence-corrected chi connectivity index (χ4v) is 3.63. The summed E-state index contributed by atoms with van der Waals surface area (Å²) in [4.78, 5) is 5.54. The van der Waals surface area contributed by atoms with Gasteiger partial charge in [0.1, 0.15) is 0 Å². The molecule has 0 aliphatic heterocycles. The molecule has 36 heavy (non-hydrogen) atoms. The van der Waals surface area contributed by atoms with Gasteiger partial charge in [-0.25, -0.2) is 8.42 Å². The van der Waals surface area contributed by atoms with Crippen molar-refractivity contribution in [1.82, 2.24) is 9.80 Å². The Kier molecular flexibility index (Phi) is 22.7. The lowest BCUT2D eigenvalue weighted by Gasteiger charge is -2.31. The third kappa shape index (κ3) is 17.4. The number of hydrogen-bond donors (Lipinski definition) is 0. The summed E-state index contributed by atoms with van der Waals surface area (Å²) in [5.74, 6) is 1.57. The van der Waals surface area contributed by atoms with E-state index in [1.165, 1.54) is 116 Å². The van der Waals surface area contributed by atoms with Crippen molar-refractivity contribution in [2.75, 3.05) is 39.3 Å². The molecule has 0 aliphatic rings. The molecule has 0 aromatic carbocycles. The second-order valence-corrected chi connectivity index (χ2v) is 10.7. The van der Waals surface area contributed by atoms with Crippen molar-refractivity contribution in [3.8, 4) is 0 Å². The van der Waals surface area contributed by atoms with Gasteiger partial charge in [-0.1, -0.05) is 80.1 Å². The van der Waals surface area contributed by atoms with Gasteiger partial charge in [0.2, 0.25) is 0 Å². The Balaban J connectivity index is 0. The SMILES string of the molecule is CCCCN(CCCC)C(N(CCCC)CCCC)=[N+](CCCC)CCCC.O=S(=O)([O-])C(F)(F)F. The van der Waals surface area contributed by atoms with Crippen LogP contribution in [0.4, 0.5) is 13.2 Å². The maximum atomic E-state index is 10.7. The molecular weight excluding hydrogens is 491 g/mol. The highest BCUT2D eigenvalue weighted by molar-refractivity contribution is 7.86. The van der Waals surface area contributed by atoms with Gasteiger partial charge >= 0.3 is 11.5 Å². The molecule has 0 aromatic rings. The summed E-state index contributed by atoms with van der Waals surface area (Å²) in [6, 6.07) is 0. The summed E-state index contributed by atoms with van der Waals surface area (Å²) in [6.07, 6.45) is 15.5. The standard InChI is InChI=1S/C25H54N3.CHF3O3S/c1-7-13-19-26(20-14-8-2)25(27(21-15-9-3)22-16-10-4)28(23-17-11-5)24-18-12-6;2-1(3,4)8(5,6)7/h7-24H2,1-6H3;(H,5,6,7)/q+1;/p-1. The first-order chi connectivity index (χ1) is 16.9. The van der Waals surface area contributed by atoms with Crippen LogP contribution in [-0.2, 0) is 10.1 Å².